The molecule has 0 fully saturated rings. The first-order valence-electron chi connectivity index (χ1n) is 7.14. The number of non-ortho nitro benzene ring substituents is 1. The quantitative estimate of drug-likeness (QED) is 0.693. The van der Waals surface area contributed by atoms with Crippen LogP contribution in [0, 0.1) is 16.0 Å². The van der Waals surface area contributed by atoms with Crippen molar-refractivity contribution in [1.82, 2.24) is 0 Å². The van der Waals surface area contributed by atoms with Gasteiger partial charge in [0.05, 0.1) is 11.0 Å². The summed E-state index contributed by atoms with van der Waals surface area (Å²) < 4.78 is 0. The number of hydrogen-bond donors (Lipinski definition) is 1. The first-order valence-corrected chi connectivity index (χ1v) is 7.14. The zero-order chi connectivity index (χ0) is 14.8. The van der Waals surface area contributed by atoms with Gasteiger partial charge in [0.25, 0.3) is 5.69 Å². The smallest absolute Gasteiger partial charge is 0.269 e. The highest BCUT2D eigenvalue weighted by atomic mass is 16.6. The number of nitrogens with zero attached hydrogens (tertiary/aromatic N) is 1. The molecule has 0 aromatic heterocycles. The van der Waals surface area contributed by atoms with E-state index in [1.165, 1.54) is 17.7 Å². The van der Waals surface area contributed by atoms with Crippen LogP contribution in [0.1, 0.15) is 29.2 Å². The van der Waals surface area contributed by atoms with Crippen molar-refractivity contribution >= 4 is 5.69 Å². The summed E-state index contributed by atoms with van der Waals surface area (Å²) in [5.41, 5.74) is 3.39. The van der Waals surface area contributed by atoms with Crippen LogP contribution in [0.3, 0.4) is 0 Å². The molecule has 0 saturated carbocycles. The van der Waals surface area contributed by atoms with E-state index in [1.807, 2.05) is 18.2 Å². The highest BCUT2D eigenvalue weighted by molar-refractivity contribution is 5.35. The third kappa shape index (κ3) is 2.81. The van der Waals surface area contributed by atoms with Crippen LogP contribution in [0.5, 0.6) is 0 Å². The minimum absolute atomic E-state index is 0.105. The van der Waals surface area contributed by atoms with Crippen molar-refractivity contribution in [2.45, 2.75) is 25.4 Å². The van der Waals surface area contributed by atoms with E-state index in [2.05, 4.69) is 6.07 Å². The van der Waals surface area contributed by atoms with Crippen LogP contribution >= 0.6 is 0 Å². The molecule has 0 amide bonds. The van der Waals surface area contributed by atoms with E-state index < -0.39 is 11.0 Å². The van der Waals surface area contributed by atoms with Crippen LogP contribution in [0.15, 0.2) is 48.5 Å². The molecule has 0 aliphatic heterocycles. The molecule has 0 radical (unpaired) electrons. The van der Waals surface area contributed by atoms with Gasteiger partial charge in [0.2, 0.25) is 0 Å². The highest BCUT2D eigenvalue weighted by Gasteiger charge is 2.27. The standard InChI is InChI=1S/C17H17NO3/c19-17-14(8-7-13-3-1-2-4-16(13)17)11-12-5-9-15(10-6-12)18(20)21/h1-6,9-10,14,17,19H,7-8,11H2. The maximum atomic E-state index is 10.7. The van der Waals surface area contributed by atoms with Gasteiger partial charge in [-0.1, -0.05) is 36.4 Å². The molecule has 1 aliphatic rings. The number of hydrogen-bond acceptors (Lipinski definition) is 3. The van der Waals surface area contributed by atoms with Crippen LogP contribution in [-0.4, -0.2) is 10.0 Å². The third-order valence-corrected chi connectivity index (χ3v) is 4.25. The van der Waals surface area contributed by atoms with Crippen LogP contribution in [-0.2, 0) is 12.8 Å². The Hall–Kier alpha value is -2.20. The van der Waals surface area contributed by atoms with Crippen LogP contribution in [0.2, 0.25) is 0 Å². The van der Waals surface area contributed by atoms with Crippen molar-refractivity contribution in [2.24, 2.45) is 5.92 Å². The maximum absolute atomic E-state index is 10.7. The highest BCUT2D eigenvalue weighted by Crippen LogP contribution is 2.36. The fraction of sp³-hybridized carbons (Fsp3) is 0.294. The Labute approximate surface area is 123 Å². The summed E-state index contributed by atoms with van der Waals surface area (Å²) in [6.45, 7) is 0. The van der Waals surface area contributed by atoms with Gasteiger partial charge in [0, 0.05) is 12.1 Å². The van der Waals surface area contributed by atoms with Gasteiger partial charge in [-0.3, -0.25) is 10.1 Å². The van der Waals surface area contributed by atoms with Crippen LogP contribution in [0.25, 0.3) is 0 Å². The Bertz CT molecular complexity index is 651. The largest absolute Gasteiger partial charge is 0.388 e. The summed E-state index contributed by atoms with van der Waals surface area (Å²) >= 11 is 0. The molecular formula is C17H17NO3. The molecule has 0 spiro atoms. The minimum Gasteiger partial charge on any atom is -0.388 e. The Kier molecular flexibility index (Phi) is 3.71. The molecule has 21 heavy (non-hydrogen) atoms. The number of aliphatic hydroxyl groups is 1. The molecule has 1 N–H and O–H groups in total. The lowest BCUT2D eigenvalue weighted by molar-refractivity contribution is -0.384. The number of nitro benzene ring substituents is 1. The van der Waals surface area contributed by atoms with Gasteiger partial charge in [-0.15, -0.1) is 0 Å². The normalized spacial score (nSPS) is 20.8. The average Bonchev–Trinajstić information content (AvgIpc) is 2.51. The van der Waals surface area contributed by atoms with E-state index in [9.17, 15) is 15.2 Å². The zero-order valence-electron chi connectivity index (χ0n) is 11.6. The van der Waals surface area contributed by atoms with E-state index >= 15 is 0 Å². The molecule has 0 saturated heterocycles. The first-order chi connectivity index (χ1) is 10.1. The van der Waals surface area contributed by atoms with E-state index in [-0.39, 0.29) is 11.6 Å². The molecule has 4 heteroatoms. The van der Waals surface area contributed by atoms with E-state index in [0.29, 0.717) is 0 Å². The summed E-state index contributed by atoms with van der Waals surface area (Å²) in [5, 5.41) is 21.2. The Morgan fingerprint density at radius 2 is 1.86 bits per heavy atom. The van der Waals surface area contributed by atoms with Crippen molar-refractivity contribution in [3.8, 4) is 0 Å². The number of rotatable bonds is 3. The zero-order valence-corrected chi connectivity index (χ0v) is 11.6. The minimum atomic E-state index is -0.454. The molecule has 1 aliphatic carbocycles. The van der Waals surface area contributed by atoms with Crippen molar-refractivity contribution in [3.05, 3.63) is 75.3 Å². The van der Waals surface area contributed by atoms with Gasteiger partial charge in [-0.25, -0.2) is 0 Å². The van der Waals surface area contributed by atoms with Gasteiger partial charge >= 0.3 is 0 Å². The number of nitro groups is 1. The second-order valence-electron chi connectivity index (χ2n) is 5.57. The molecule has 2 aromatic rings. The second-order valence-corrected chi connectivity index (χ2v) is 5.57. The van der Waals surface area contributed by atoms with Crippen LogP contribution in [0.4, 0.5) is 5.69 Å². The molecule has 0 heterocycles. The number of aliphatic hydroxyl groups excluding tert-OH is 1. The van der Waals surface area contributed by atoms with Crippen molar-refractivity contribution in [2.75, 3.05) is 0 Å². The lowest BCUT2D eigenvalue weighted by Gasteiger charge is -2.30. The Balaban J connectivity index is 1.75. The lowest BCUT2D eigenvalue weighted by Crippen LogP contribution is -2.22. The molecule has 108 valence electrons. The maximum Gasteiger partial charge on any atom is 0.269 e. The Morgan fingerprint density at radius 1 is 1.14 bits per heavy atom. The fourth-order valence-electron chi connectivity index (χ4n) is 3.07. The second kappa shape index (κ2) is 5.66. The Morgan fingerprint density at radius 3 is 2.57 bits per heavy atom. The molecule has 2 atom stereocenters. The van der Waals surface area contributed by atoms with E-state index in [1.54, 1.807) is 12.1 Å². The summed E-state index contributed by atoms with van der Waals surface area (Å²) in [5.74, 6) is 0.168. The summed E-state index contributed by atoms with van der Waals surface area (Å²) in [6, 6.07) is 14.6. The van der Waals surface area contributed by atoms with Gasteiger partial charge < -0.3 is 5.11 Å². The molecule has 3 rings (SSSR count). The van der Waals surface area contributed by atoms with Crippen LogP contribution < -0.4 is 0 Å². The number of aryl methyl sites for hydroxylation is 1. The first kappa shape index (κ1) is 13.8. The predicted octanol–water partition coefficient (Wildman–Crippen LogP) is 3.43. The molecule has 2 unspecified atom stereocenters. The molecule has 0 bridgehead atoms. The van der Waals surface area contributed by atoms with E-state index in [0.717, 1.165) is 30.4 Å². The molecule has 2 aromatic carbocycles. The summed E-state index contributed by atoms with van der Waals surface area (Å²) in [6.07, 6.45) is 2.21. The lowest BCUT2D eigenvalue weighted by atomic mass is 9.78. The number of benzene rings is 2. The van der Waals surface area contributed by atoms with Gasteiger partial charge in [-0.2, -0.15) is 0 Å². The topological polar surface area (TPSA) is 63.4 Å². The molecular weight excluding hydrogens is 266 g/mol. The van der Waals surface area contributed by atoms with Gasteiger partial charge in [-0.05, 0) is 41.9 Å². The molecule has 4 nitrogen and oxygen atoms in total. The predicted molar refractivity (Wildman–Crippen MR) is 80.0 cm³/mol. The van der Waals surface area contributed by atoms with Crippen molar-refractivity contribution in [1.29, 1.82) is 0 Å². The van der Waals surface area contributed by atoms with E-state index in [4.69, 9.17) is 0 Å². The van der Waals surface area contributed by atoms with Gasteiger partial charge in [0.15, 0.2) is 0 Å². The monoisotopic (exact) mass is 283 g/mol. The number of fused-ring (bicyclic) bond motifs is 1. The summed E-state index contributed by atoms with van der Waals surface area (Å²) in [7, 11) is 0. The van der Waals surface area contributed by atoms with Crippen molar-refractivity contribution < 1.29 is 10.0 Å². The van der Waals surface area contributed by atoms with Gasteiger partial charge in [0.1, 0.15) is 0 Å². The SMILES string of the molecule is O=[N+]([O-])c1ccc(CC2CCc3ccccc3C2O)cc1. The van der Waals surface area contributed by atoms with Crippen molar-refractivity contribution in [3.63, 3.8) is 0 Å². The average molecular weight is 283 g/mol. The fourth-order valence-corrected chi connectivity index (χ4v) is 3.07. The third-order valence-electron chi connectivity index (χ3n) is 4.25. The summed E-state index contributed by atoms with van der Waals surface area (Å²) in [4.78, 5) is 10.3.